The molecule has 1 atom stereocenters. The zero-order valence-corrected chi connectivity index (χ0v) is 17.3. The third-order valence-corrected chi connectivity index (χ3v) is 4.99. The van der Waals surface area contributed by atoms with Crippen molar-refractivity contribution in [3.63, 3.8) is 0 Å². The minimum atomic E-state index is -1.02. The van der Waals surface area contributed by atoms with Gasteiger partial charge in [-0.3, -0.25) is 14.2 Å². The van der Waals surface area contributed by atoms with Crippen LogP contribution in [0.25, 0.3) is 0 Å². The summed E-state index contributed by atoms with van der Waals surface area (Å²) in [6, 6.07) is 8.60. The number of rotatable bonds is 6. The Bertz CT molecular complexity index is 1020. The number of nitrogens with zero attached hydrogens (tertiary/aromatic N) is 4. The molecule has 0 saturated carbocycles. The van der Waals surface area contributed by atoms with Crippen molar-refractivity contribution in [3.8, 4) is 0 Å². The molecule has 0 fully saturated rings. The minimum Gasteiger partial charge on any atom is -0.480 e. The molecule has 0 bridgehead atoms. The number of hydrogen-bond donors (Lipinski definition) is 2. The second kappa shape index (κ2) is 7.97. The Hall–Kier alpha value is -2.94. The fraction of sp³-hybridized carbons (Fsp3) is 0.263. The molecule has 3 rings (SSSR count). The number of carbonyl (C=O) groups excluding carboxylic acids is 1. The highest BCUT2D eigenvalue weighted by atomic mass is 79.9. The van der Waals surface area contributed by atoms with Crippen molar-refractivity contribution >= 4 is 33.5 Å². The van der Waals surface area contributed by atoms with E-state index in [0.717, 1.165) is 15.7 Å². The zero-order chi connectivity index (χ0) is 20.4. The van der Waals surface area contributed by atoms with Gasteiger partial charge in [0, 0.05) is 10.7 Å². The average molecular weight is 446 g/mol. The normalized spacial score (nSPS) is 12.0. The molecule has 28 heavy (non-hydrogen) atoms. The smallest absolute Gasteiger partial charge is 0.328 e. The van der Waals surface area contributed by atoms with Gasteiger partial charge >= 0.3 is 5.97 Å². The van der Waals surface area contributed by atoms with Crippen molar-refractivity contribution in [2.24, 2.45) is 0 Å². The Morgan fingerprint density at radius 1 is 1.18 bits per heavy atom. The highest BCUT2D eigenvalue weighted by molar-refractivity contribution is 9.10. The van der Waals surface area contributed by atoms with E-state index in [-0.39, 0.29) is 5.69 Å². The number of halogens is 1. The average Bonchev–Trinajstić information content (AvgIpc) is 3.24. The first-order valence-electron chi connectivity index (χ1n) is 8.64. The number of nitrogens with one attached hydrogen (secondary N) is 1. The van der Waals surface area contributed by atoms with Crippen molar-refractivity contribution in [2.75, 3.05) is 5.32 Å². The third kappa shape index (κ3) is 4.14. The van der Waals surface area contributed by atoms with E-state index < -0.39 is 17.9 Å². The van der Waals surface area contributed by atoms with Crippen LogP contribution in [0.3, 0.4) is 0 Å². The molecule has 1 amide bonds. The van der Waals surface area contributed by atoms with Crippen molar-refractivity contribution in [1.29, 1.82) is 0 Å². The number of benzene rings is 1. The number of carbonyl (C=O) groups is 2. The van der Waals surface area contributed by atoms with Gasteiger partial charge in [0.05, 0.1) is 23.6 Å². The quantitative estimate of drug-likeness (QED) is 0.605. The summed E-state index contributed by atoms with van der Waals surface area (Å²) in [4.78, 5) is 23.6. The third-order valence-electron chi connectivity index (χ3n) is 4.46. The van der Waals surface area contributed by atoms with E-state index in [1.54, 1.807) is 0 Å². The molecular formula is C19H20BrN5O3. The predicted octanol–water partition coefficient (Wildman–Crippen LogP) is 3.41. The number of carboxylic acid groups (broad SMARTS) is 1. The van der Waals surface area contributed by atoms with Crippen LogP contribution in [-0.4, -0.2) is 36.5 Å². The first-order valence-corrected chi connectivity index (χ1v) is 9.43. The Morgan fingerprint density at radius 2 is 1.86 bits per heavy atom. The lowest BCUT2D eigenvalue weighted by molar-refractivity contribution is -0.140. The maximum absolute atomic E-state index is 12.6. The van der Waals surface area contributed by atoms with Gasteiger partial charge in [0.25, 0.3) is 5.91 Å². The number of aryl methyl sites for hydroxylation is 1. The molecule has 2 heterocycles. The SMILES string of the molecule is Cc1nn(Cc2ccc(Br)cc2)c(C)c1NC(=O)c1ccn(C(C)C(=O)O)n1. The summed E-state index contributed by atoms with van der Waals surface area (Å²) in [6.07, 6.45) is 1.48. The van der Waals surface area contributed by atoms with Crippen LogP contribution >= 0.6 is 15.9 Å². The first kappa shape index (κ1) is 19.8. The van der Waals surface area contributed by atoms with E-state index in [1.165, 1.54) is 23.9 Å². The minimum absolute atomic E-state index is 0.146. The van der Waals surface area contributed by atoms with E-state index in [9.17, 15) is 9.59 Å². The van der Waals surface area contributed by atoms with Crippen LogP contribution in [0.1, 0.15) is 40.4 Å². The monoisotopic (exact) mass is 445 g/mol. The van der Waals surface area contributed by atoms with Crippen molar-refractivity contribution in [1.82, 2.24) is 19.6 Å². The molecule has 146 valence electrons. The summed E-state index contributed by atoms with van der Waals surface area (Å²) in [5, 5.41) is 20.5. The molecule has 0 aliphatic heterocycles. The lowest BCUT2D eigenvalue weighted by Crippen LogP contribution is -2.18. The van der Waals surface area contributed by atoms with Crippen LogP contribution in [0.2, 0.25) is 0 Å². The van der Waals surface area contributed by atoms with E-state index in [0.29, 0.717) is 17.9 Å². The molecule has 1 aromatic carbocycles. The summed E-state index contributed by atoms with van der Waals surface area (Å²) in [5.41, 5.74) is 3.39. The van der Waals surface area contributed by atoms with Gasteiger partial charge in [0.15, 0.2) is 5.69 Å². The van der Waals surface area contributed by atoms with Crippen LogP contribution < -0.4 is 5.32 Å². The highest BCUT2D eigenvalue weighted by Crippen LogP contribution is 2.22. The molecule has 0 aliphatic rings. The molecule has 3 aromatic rings. The van der Waals surface area contributed by atoms with E-state index in [4.69, 9.17) is 5.11 Å². The Labute approximate surface area is 170 Å². The van der Waals surface area contributed by atoms with E-state index >= 15 is 0 Å². The summed E-state index contributed by atoms with van der Waals surface area (Å²) < 4.78 is 4.09. The van der Waals surface area contributed by atoms with Crippen LogP contribution in [0.4, 0.5) is 5.69 Å². The van der Waals surface area contributed by atoms with Gasteiger partial charge in [-0.15, -0.1) is 0 Å². The van der Waals surface area contributed by atoms with Gasteiger partial charge in [-0.1, -0.05) is 28.1 Å². The van der Waals surface area contributed by atoms with Gasteiger partial charge in [-0.2, -0.15) is 10.2 Å². The van der Waals surface area contributed by atoms with Gasteiger partial charge in [0.2, 0.25) is 0 Å². The van der Waals surface area contributed by atoms with Crippen LogP contribution in [0.5, 0.6) is 0 Å². The number of aliphatic carboxylic acids is 1. The second-order valence-electron chi connectivity index (χ2n) is 6.48. The van der Waals surface area contributed by atoms with Crippen LogP contribution in [-0.2, 0) is 11.3 Å². The number of anilines is 1. The second-order valence-corrected chi connectivity index (χ2v) is 7.39. The van der Waals surface area contributed by atoms with E-state index in [1.807, 2.05) is 42.8 Å². The van der Waals surface area contributed by atoms with Crippen molar-refractivity contribution < 1.29 is 14.7 Å². The first-order chi connectivity index (χ1) is 13.3. The largest absolute Gasteiger partial charge is 0.480 e. The fourth-order valence-electron chi connectivity index (χ4n) is 2.76. The van der Waals surface area contributed by atoms with Gasteiger partial charge in [-0.25, -0.2) is 4.79 Å². The molecule has 0 radical (unpaired) electrons. The molecule has 2 N–H and O–H groups in total. The van der Waals surface area contributed by atoms with Gasteiger partial charge in [-0.05, 0) is 44.5 Å². The molecule has 1 unspecified atom stereocenters. The maximum atomic E-state index is 12.6. The lowest BCUT2D eigenvalue weighted by atomic mass is 10.2. The van der Waals surface area contributed by atoms with Crippen LogP contribution in [0, 0.1) is 13.8 Å². The fourth-order valence-corrected chi connectivity index (χ4v) is 3.02. The number of carboxylic acids is 1. The molecular weight excluding hydrogens is 426 g/mol. The molecule has 8 nitrogen and oxygen atoms in total. The molecule has 0 spiro atoms. The van der Waals surface area contributed by atoms with Crippen molar-refractivity contribution in [2.45, 2.75) is 33.4 Å². The van der Waals surface area contributed by atoms with Gasteiger partial charge in [0.1, 0.15) is 6.04 Å². The zero-order valence-electron chi connectivity index (χ0n) is 15.7. The molecule has 0 saturated heterocycles. The molecule has 2 aromatic heterocycles. The lowest BCUT2D eigenvalue weighted by Gasteiger charge is -2.07. The highest BCUT2D eigenvalue weighted by Gasteiger charge is 2.19. The maximum Gasteiger partial charge on any atom is 0.328 e. The van der Waals surface area contributed by atoms with Crippen molar-refractivity contribution in [3.05, 3.63) is 63.6 Å². The summed E-state index contributed by atoms with van der Waals surface area (Å²) in [6.45, 7) is 5.80. The standard InChI is InChI=1S/C19H20BrN5O3/c1-11-17(12(2)25(22-11)10-14-4-6-15(20)7-5-14)21-18(26)16-8-9-24(23-16)13(3)19(27)28/h4-9,13H,10H2,1-3H3,(H,21,26)(H,27,28). The van der Waals surface area contributed by atoms with Gasteiger partial charge < -0.3 is 10.4 Å². The summed E-state index contributed by atoms with van der Waals surface area (Å²) >= 11 is 3.42. The Morgan fingerprint density at radius 3 is 2.50 bits per heavy atom. The molecule has 9 heteroatoms. The number of aromatic nitrogens is 4. The molecule has 0 aliphatic carbocycles. The predicted molar refractivity (Wildman–Crippen MR) is 107 cm³/mol. The van der Waals surface area contributed by atoms with Crippen LogP contribution in [0.15, 0.2) is 41.0 Å². The summed E-state index contributed by atoms with van der Waals surface area (Å²) in [5.74, 6) is -1.43. The summed E-state index contributed by atoms with van der Waals surface area (Å²) in [7, 11) is 0. The topological polar surface area (TPSA) is 102 Å². The van der Waals surface area contributed by atoms with E-state index in [2.05, 4.69) is 31.4 Å². The Balaban J connectivity index is 1.77. The Kier molecular flexibility index (Phi) is 5.64. The number of hydrogen-bond acceptors (Lipinski definition) is 4. The number of amides is 1.